The van der Waals surface area contributed by atoms with Crippen LogP contribution in [0.25, 0.3) is 0 Å². The van der Waals surface area contributed by atoms with Crippen LogP contribution in [0.1, 0.15) is 22.8 Å². The van der Waals surface area contributed by atoms with Gasteiger partial charge in [0.2, 0.25) is 0 Å². The molecule has 1 aromatic rings. The highest BCUT2D eigenvalue weighted by atomic mass is 16.3. The molecule has 0 spiro atoms. The second-order valence-electron chi connectivity index (χ2n) is 2.92. The zero-order chi connectivity index (χ0) is 8.97. The zero-order valence-electron chi connectivity index (χ0n) is 7.03. The molecule has 64 valence electrons. The van der Waals surface area contributed by atoms with Gasteiger partial charge in [0.15, 0.2) is 0 Å². The maximum Gasteiger partial charge on any atom is 0.150 e. The minimum atomic E-state index is -0.355. The van der Waals surface area contributed by atoms with Crippen LogP contribution in [0.2, 0.25) is 0 Å². The van der Waals surface area contributed by atoms with Crippen molar-refractivity contribution in [1.82, 2.24) is 0 Å². The standard InChI is InChI=1S/C10H12O2/c1-8(12)5-9-3-2-4-10(6-9)7-11/h2-4,6-8,12H,5H2,1H3/t8-/m0/s1. The van der Waals surface area contributed by atoms with E-state index >= 15 is 0 Å². The van der Waals surface area contributed by atoms with Gasteiger partial charge >= 0.3 is 0 Å². The molecule has 1 aromatic carbocycles. The number of hydrogen-bond acceptors (Lipinski definition) is 2. The monoisotopic (exact) mass is 164 g/mol. The lowest BCUT2D eigenvalue weighted by atomic mass is 10.1. The Morgan fingerprint density at radius 1 is 1.58 bits per heavy atom. The van der Waals surface area contributed by atoms with Crippen molar-refractivity contribution in [3.63, 3.8) is 0 Å². The first-order valence-electron chi connectivity index (χ1n) is 3.94. The molecule has 0 aromatic heterocycles. The molecule has 1 rings (SSSR count). The maximum atomic E-state index is 10.4. The third-order valence-corrected chi connectivity index (χ3v) is 1.62. The first-order valence-corrected chi connectivity index (χ1v) is 3.94. The fraction of sp³-hybridized carbons (Fsp3) is 0.300. The summed E-state index contributed by atoms with van der Waals surface area (Å²) in [6.07, 6.45) is 1.06. The van der Waals surface area contributed by atoms with Gasteiger partial charge in [-0.05, 0) is 25.0 Å². The number of rotatable bonds is 3. The summed E-state index contributed by atoms with van der Waals surface area (Å²) in [6, 6.07) is 7.26. The summed E-state index contributed by atoms with van der Waals surface area (Å²) in [5.41, 5.74) is 1.66. The number of carbonyl (C=O) groups is 1. The normalized spacial score (nSPS) is 12.5. The van der Waals surface area contributed by atoms with Gasteiger partial charge in [0, 0.05) is 5.56 Å². The van der Waals surface area contributed by atoms with E-state index in [1.807, 2.05) is 12.1 Å². The first-order chi connectivity index (χ1) is 5.72. The Hall–Kier alpha value is -1.15. The molecule has 0 saturated heterocycles. The van der Waals surface area contributed by atoms with E-state index < -0.39 is 0 Å². The predicted octanol–water partition coefficient (Wildman–Crippen LogP) is 1.42. The summed E-state index contributed by atoms with van der Waals surface area (Å²) in [4.78, 5) is 10.4. The van der Waals surface area contributed by atoms with Crippen molar-refractivity contribution in [2.24, 2.45) is 0 Å². The minimum Gasteiger partial charge on any atom is -0.393 e. The van der Waals surface area contributed by atoms with Crippen LogP contribution in [-0.2, 0) is 6.42 Å². The Balaban J connectivity index is 2.79. The molecule has 2 nitrogen and oxygen atoms in total. The Labute approximate surface area is 71.8 Å². The van der Waals surface area contributed by atoms with Gasteiger partial charge in [0.25, 0.3) is 0 Å². The molecular formula is C10H12O2. The SMILES string of the molecule is C[C@H](O)Cc1cccc(C=O)c1. The fourth-order valence-corrected chi connectivity index (χ4v) is 1.13. The second kappa shape index (κ2) is 4.02. The van der Waals surface area contributed by atoms with Gasteiger partial charge in [-0.2, -0.15) is 0 Å². The third kappa shape index (κ3) is 2.47. The van der Waals surface area contributed by atoms with Crippen LogP contribution in [0.5, 0.6) is 0 Å². The van der Waals surface area contributed by atoms with Gasteiger partial charge in [-0.1, -0.05) is 18.2 Å². The van der Waals surface area contributed by atoms with E-state index in [0.29, 0.717) is 12.0 Å². The molecule has 0 fully saturated rings. The predicted molar refractivity (Wildman–Crippen MR) is 47.2 cm³/mol. The molecule has 0 radical (unpaired) electrons. The highest BCUT2D eigenvalue weighted by Crippen LogP contribution is 2.05. The molecule has 1 N–H and O–H groups in total. The number of hydrogen-bond donors (Lipinski definition) is 1. The van der Waals surface area contributed by atoms with Crippen LogP contribution in [0.15, 0.2) is 24.3 Å². The second-order valence-corrected chi connectivity index (χ2v) is 2.92. The minimum absolute atomic E-state index is 0.355. The van der Waals surface area contributed by atoms with Gasteiger partial charge in [0.1, 0.15) is 6.29 Å². The molecule has 0 unspecified atom stereocenters. The molecule has 0 aliphatic heterocycles. The molecule has 0 heterocycles. The van der Waals surface area contributed by atoms with Gasteiger partial charge in [-0.3, -0.25) is 4.79 Å². The van der Waals surface area contributed by atoms with E-state index in [1.165, 1.54) is 0 Å². The van der Waals surface area contributed by atoms with E-state index in [2.05, 4.69) is 0 Å². The molecule has 1 atom stereocenters. The Morgan fingerprint density at radius 2 is 2.33 bits per heavy atom. The Morgan fingerprint density at radius 3 is 2.92 bits per heavy atom. The van der Waals surface area contributed by atoms with E-state index in [0.717, 1.165) is 11.8 Å². The maximum absolute atomic E-state index is 10.4. The molecule has 0 saturated carbocycles. The van der Waals surface area contributed by atoms with Crippen LogP contribution in [-0.4, -0.2) is 17.5 Å². The molecule has 0 aliphatic carbocycles. The van der Waals surface area contributed by atoms with Gasteiger partial charge in [-0.15, -0.1) is 0 Å². The first kappa shape index (κ1) is 8.94. The largest absolute Gasteiger partial charge is 0.393 e. The van der Waals surface area contributed by atoms with Crippen molar-refractivity contribution in [1.29, 1.82) is 0 Å². The summed E-state index contributed by atoms with van der Waals surface area (Å²) >= 11 is 0. The summed E-state index contributed by atoms with van der Waals surface area (Å²) in [5, 5.41) is 9.08. The van der Waals surface area contributed by atoms with E-state index in [1.54, 1.807) is 19.1 Å². The van der Waals surface area contributed by atoms with Gasteiger partial charge in [-0.25, -0.2) is 0 Å². The van der Waals surface area contributed by atoms with Crippen LogP contribution in [0.3, 0.4) is 0 Å². The molecule has 12 heavy (non-hydrogen) atoms. The van der Waals surface area contributed by atoms with E-state index in [9.17, 15) is 4.79 Å². The third-order valence-electron chi connectivity index (χ3n) is 1.62. The zero-order valence-corrected chi connectivity index (χ0v) is 7.03. The van der Waals surface area contributed by atoms with E-state index in [4.69, 9.17) is 5.11 Å². The number of aliphatic hydroxyl groups excluding tert-OH is 1. The molecule has 2 heteroatoms. The smallest absolute Gasteiger partial charge is 0.150 e. The highest BCUT2D eigenvalue weighted by Gasteiger charge is 1.98. The molecule has 0 amide bonds. The number of benzene rings is 1. The Kier molecular flexibility index (Phi) is 3.00. The summed E-state index contributed by atoms with van der Waals surface area (Å²) in [7, 11) is 0. The molecular weight excluding hydrogens is 152 g/mol. The number of aliphatic hydroxyl groups is 1. The number of aldehydes is 1. The summed E-state index contributed by atoms with van der Waals surface area (Å²) in [6.45, 7) is 1.73. The van der Waals surface area contributed by atoms with Crippen molar-refractivity contribution in [3.8, 4) is 0 Å². The van der Waals surface area contributed by atoms with Crippen molar-refractivity contribution in [3.05, 3.63) is 35.4 Å². The molecule has 0 aliphatic rings. The van der Waals surface area contributed by atoms with Crippen LogP contribution >= 0.6 is 0 Å². The lowest BCUT2D eigenvalue weighted by Gasteiger charge is -2.03. The van der Waals surface area contributed by atoms with Crippen LogP contribution in [0, 0.1) is 0 Å². The van der Waals surface area contributed by atoms with Crippen molar-refractivity contribution in [2.45, 2.75) is 19.4 Å². The average Bonchev–Trinajstić information content (AvgIpc) is 2.03. The fourth-order valence-electron chi connectivity index (χ4n) is 1.13. The highest BCUT2D eigenvalue weighted by molar-refractivity contribution is 5.74. The van der Waals surface area contributed by atoms with Gasteiger partial charge in [0.05, 0.1) is 6.10 Å². The van der Waals surface area contributed by atoms with Crippen LogP contribution < -0.4 is 0 Å². The lowest BCUT2D eigenvalue weighted by Crippen LogP contribution is -2.04. The summed E-state index contributed by atoms with van der Waals surface area (Å²) < 4.78 is 0. The Bertz CT molecular complexity index is 266. The van der Waals surface area contributed by atoms with Crippen molar-refractivity contribution < 1.29 is 9.90 Å². The summed E-state index contributed by atoms with van der Waals surface area (Å²) in [5.74, 6) is 0. The molecule has 0 bridgehead atoms. The van der Waals surface area contributed by atoms with Gasteiger partial charge < -0.3 is 5.11 Å². The quantitative estimate of drug-likeness (QED) is 0.686. The van der Waals surface area contributed by atoms with E-state index in [-0.39, 0.29) is 6.10 Å². The topological polar surface area (TPSA) is 37.3 Å². The van der Waals surface area contributed by atoms with Crippen molar-refractivity contribution in [2.75, 3.05) is 0 Å². The lowest BCUT2D eigenvalue weighted by molar-refractivity contribution is 0.112. The van der Waals surface area contributed by atoms with Crippen LogP contribution in [0.4, 0.5) is 0 Å². The van der Waals surface area contributed by atoms with Crippen molar-refractivity contribution >= 4 is 6.29 Å². The number of carbonyl (C=O) groups excluding carboxylic acids is 1. The average molecular weight is 164 g/mol.